The lowest BCUT2D eigenvalue weighted by molar-refractivity contribution is -0.153. The highest BCUT2D eigenvalue weighted by molar-refractivity contribution is 5.78. The van der Waals surface area contributed by atoms with E-state index in [2.05, 4.69) is 18.7 Å². The molecule has 1 unspecified atom stereocenters. The van der Waals surface area contributed by atoms with Crippen LogP contribution in [0.4, 0.5) is 0 Å². The predicted molar refractivity (Wildman–Crippen MR) is 56.3 cm³/mol. The van der Waals surface area contributed by atoms with E-state index < -0.39 is 11.5 Å². The zero-order valence-corrected chi connectivity index (χ0v) is 9.42. The lowest BCUT2D eigenvalue weighted by Crippen LogP contribution is -2.56. The zero-order valence-electron chi connectivity index (χ0n) is 9.42. The lowest BCUT2D eigenvalue weighted by atomic mass is 9.88. The molecule has 14 heavy (non-hydrogen) atoms. The summed E-state index contributed by atoms with van der Waals surface area (Å²) >= 11 is 0. The number of nitrogens with zero attached hydrogens (tertiary/aromatic N) is 1. The van der Waals surface area contributed by atoms with Crippen LogP contribution in [-0.2, 0) is 4.79 Å². The first kappa shape index (κ1) is 11.5. The molecule has 1 fully saturated rings. The van der Waals surface area contributed by atoms with Gasteiger partial charge in [-0.25, -0.2) is 0 Å². The Hall–Kier alpha value is -0.570. The fourth-order valence-corrected chi connectivity index (χ4v) is 2.15. The van der Waals surface area contributed by atoms with Gasteiger partial charge in [0.05, 0.1) is 0 Å². The SMILES string of the molecule is CC(C)CN1CCCCC1(C)C(=O)O. The van der Waals surface area contributed by atoms with Crippen molar-refractivity contribution in [3.05, 3.63) is 0 Å². The van der Waals surface area contributed by atoms with E-state index in [1.54, 1.807) is 0 Å². The Labute approximate surface area is 86.1 Å². The Balaban J connectivity index is 2.72. The molecule has 1 N–H and O–H groups in total. The summed E-state index contributed by atoms with van der Waals surface area (Å²) in [5, 5.41) is 9.24. The van der Waals surface area contributed by atoms with Gasteiger partial charge in [0.2, 0.25) is 0 Å². The first-order chi connectivity index (χ1) is 6.47. The van der Waals surface area contributed by atoms with Crippen LogP contribution >= 0.6 is 0 Å². The van der Waals surface area contributed by atoms with E-state index >= 15 is 0 Å². The summed E-state index contributed by atoms with van der Waals surface area (Å²) in [4.78, 5) is 13.4. The van der Waals surface area contributed by atoms with Crippen LogP contribution in [0.5, 0.6) is 0 Å². The van der Waals surface area contributed by atoms with Crippen molar-refractivity contribution < 1.29 is 9.90 Å². The van der Waals surface area contributed by atoms with Crippen molar-refractivity contribution in [1.82, 2.24) is 4.90 Å². The topological polar surface area (TPSA) is 40.5 Å². The molecule has 0 aromatic rings. The largest absolute Gasteiger partial charge is 0.480 e. The minimum absolute atomic E-state index is 0.534. The minimum atomic E-state index is -0.669. The Bertz CT molecular complexity index is 215. The van der Waals surface area contributed by atoms with Gasteiger partial charge in [0.1, 0.15) is 5.54 Å². The lowest BCUT2D eigenvalue weighted by Gasteiger charge is -2.42. The number of carbonyl (C=O) groups is 1. The van der Waals surface area contributed by atoms with E-state index in [9.17, 15) is 9.90 Å². The molecule has 1 saturated heterocycles. The molecule has 3 nitrogen and oxygen atoms in total. The van der Waals surface area contributed by atoms with Gasteiger partial charge in [-0.05, 0) is 38.6 Å². The number of hydrogen-bond donors (Lipinski definition) is 1. The van der Waals surface area contributed by atoms with Crippen molar-refractivity contribution in [1.29, 1.82) is 0 Å². The van der Waals surface area contributed by atoms with E-state index in [0.717, 1.165) is 32.4 Å². The van der Waals surface area contributed by atoms with E-state index in [1.807, 2.05) is 6.92 Å². The third kappa shape index (κ3) is 2.27. The molecule has 82 valence electrons. The van der Waals surface area contributed by atoms with Crippen molar-refractivity contribution in [3.8, 4) is 0 Å². The van der Waals surface area contributed by atoms with Crippen LogP contribution in [0.2, 0.25) is 0 Å². The van der Waals surface area contributed by atoms with Crippen LogP contribution < -0.4 is 0 Å². The summed E-state index contributed by atoms with van der Waals surface area (Å²) < 4.78 is 0. The number of hydrogen-bond acceptors (Lipinski definition) is 2. The molecule has 0 aromatic heterocycles. The van der Waals surface area contributed by atoms with Gasteiger partial charge in [0.15, 0.2) is 0 Å². The second-order valence-corrected chi connectivity index (χ2v) is 4.88. The van der Waals surface area contributed by atoms with Gasteiger partial charge < -0.3 is 5.11 Å². The van der Waals surface area contributed by atoms with Crippen LogP contribution in [0.25, 0.3) is 0 Å². The van der Waals surface area contributed by atoms with Gasteiger partial charge in [0, 0.05) is 6.54 Å². The molecule has 3 heteroatoms. The summed E-state index contributed by atoms with van der Waals surface area (Å²) in [5.74, 6) is -0.135. The van der Waals surface area contributed by atoms with E-state index in [-0.39, 0.29) is 0 Å². The molecule has 0 aromatic carbocycles. The molecular weight excluding hydrogens is 178 g/mol. The van der Waals surface area contributed by atoms with E-state index in [1.165, 1.54) is 0 Å². The van der Waals surface area contributed by atoms with Gasteiger partial charge in [-0.2, -0.15) is 0 Å². The Morgan fingerprint density at radius 3 is 2.64 bits per heavy atom. The molecule has 1 aliphatic rings. The predicted octanol–water partition coefficient (Wildman–Crippen LogP) is 1.97. The first-order valence-electron chi connectivity index (χ1n) is 5.45. The maximum Gasteiger partial charge on any atom is 0.323 e. The van der Waals surface area contributed by atoms with Gasteiger partial charge in [0.25, 0.3) is 0 Å². The fraction of sp³-hybridized carbons (Fsp3) is 0.909. The van der Waals surface area contributed by atoms with Gasteiger partial charge >= 0.3 is 5.97 Å². The first-order valence-corrected chi connectivity index (χ1v) is 5.45. The highest BCUT2D eigenvalue weighted by atomic mass is 16.4. The third-order valence-corrected chi connectivity index (χ3v) is 3.09. The molecule has 1 atom stereocenters. The summed E-state index contributed by atoms with van der Waals surface area (Å²) in [6.45, 7) is 7.95. The van der Waals surface area contributed by atoms with Crippen molar-refractivity contribution >= 4 is 5.97 Å². The highest BCUT2D eigenvalue weighted by Crippen LogP contribution is 2.28. The van der Waals surface area contributed by atoms with Crippen LogP contribution in [-0.4, -0.2) is 34.6 Å². The summed E-state index contributed by atoms with van der Waals surface area (Å²) in [5.41, 5.74) is -0.622. The number of carboxylic acid groups (broad SMARTS) is 1. The second kappa shape index (κ2) is 4.30. The summed E-state index contributed by atoms with van der Waals surface area (Å²) in [6.07, 6.45) is 2.96. The smallest absolute Gasteiger partial charge is 0.323 e. The minimum Gasteiger partial charge on any atom is -0.480 e. The van der Waals surface area contributed by atoms with Crippen molar-refractivity contribution in [3.63, 3.8) is 0 Å². The van der Waals surface area contributed by atoms with Gasteiger partial charge in [-0.15, -0.1) is 0 Å². The standard InChI is InChI=1S/C11H21NO2/c1-9(2)8-12-7-5-4-6-11(12,3)10(13)14/h9H,4-8H2,1-3H3,(H,13,14). The molecule has 1 heterocycles. The molecule has 0 saturated carbocycles. The molecule has 0 spiro atoms. The highest BCUT2D eigenvalue weighted by Gasteiger charge is 2.41. The van der Waals surface area contributed by atoms with Crippen molar-refractivity contribution in [2.45, 2.75) is 45.6 Å². The summed E-state index contributed by atoms with van der Waals surface area (Å²) in [6, 6.07) is 0. The number of likely N-dealkylation sites (tertiary alicyclic amines) is 1. The van der Waals surface area contributed by atoms with E-state index in [4.69, 9.17) is 0 Å². The number of carboxylic acids is 1. The normalized spacial score (nSPS) is 29.4. The molecule has 1 aliphatic heterocycles. The number of rotatable bonds is 3. The molecule has 0 bridgehead atoms. The number of piperidine rings is 1. The Kier molecular flexibility index (Phi) is 3.53. The molecule has 0 aliphatic carbocycles. The monoisotopic (exact) mass is 199 g/mol. The van der Waals surface area contributed by atoms with Crippen molar-refractivity contribution in [2.24, 2.45) is 5.92 Å². The maximum absolute atomic E-state index is 11.2. The van der Waals surface area contributed by atoms with Crippen LogP contribution in [0.3, 0.4) is 0 Å². The van der Waals surface area contributed by atoms with Gasteiger partial charge in [-0.3, -0.25) is 9.69 Å². The summed E-state index contributed by atoms with van der Waals surface area (Å²) in [7, 11) is 0. The van der Waals surface area contributed by atoms with Crippen LogP contribution in [0.1, 0.15) is 40.0 Å². The quantitative estimate of drug-likeness (QED) is 0.755. The van der Waals surface area contributed by atoms with Gasteiger partial charge in [-0.1, -0.05) is 13.8 Å². The molecule has 1 rings (SSSR count). The maximum atomic E-state index is 11.2. The molecule has 0 amide bonds. The van der Waals surface area contributed by atoms with E-state index in [0.29, 0.717) is 5.92 Å². The Morgan fingerprint density at radius 1 is 1.50 bits per heavy atom. The fourth-order valence-electron chi connectivity index (χ4n) is 2.15. The number of aliphatic carboxylic acids is 1. The third-order valence-electron chi connectivity index (χ3n) is 3.09. The van der Waals surface area contributed by atoms with Crippen LogP contribution in [0.15, 0.2) is 0 Å². The van der Waals surface area contributed by atoms with Crippen molar-refractivity contribution in [2.75, 3.05) is 13.1 Å². The average Bonchev–Trinajstić information content (AvgIpc) is 2.08. The molecule has 0 radical (unpaired) electrons. The Morgan fingerprint density at radius 2 is 2.14 bits per heavy atom. The second-order valence-electron chi connectivity index (χ2n) is 4.88. The average molecular weight is 199 g/mol. The zero-order chi connectivity index (χ0) is 10.8. The molecular formula is C11H21NO2. The van der Waals surface area contributed by atoms with Crippen LogP contribution in [0, 0.1) is 5.92 Å².